The lowest BCUT2D eigenvalue weighted by molar-refractivity contribution is 0.355. The maximum atomic E-state index is 5.34. The molecule has 3 aromatic rings. The molecule has 0 saturated carbocycles. The number of aryl methyl sites for hydroxylation is 2. The lowest BCUT2D eigenvalue weighted by atomic mass is 10.2. The van der Waals surface area contributed by atoms with Crippen LogP contribution >= 0.6 is 0 Å². The van der Waals surface area contributed by atoms with Crippen LogP contribution in [0.5, 0.6) is 11.5 Å². The van der Waals surface area contributed by atoms with E-state index in [1.165, 1.54) is 11.3 Å². The molecule has 0 fully saturated rings. The zero-order chi connectivity index (χ0) is 18.8. The normalized spacial score (nSPS) is 12.6. The molecule has 140 valence electrons. The first-order valence-corrected chi connectivity index (χ1v) is 8.82. The van der Waals surface area contributed by atoms with E-state index in [-0.39, 0.29) is 0 Å². The molecule has 2 heterocycles. The Labute approximate surface area is 157 Å². The number of methoxy groups -OCH3 is 2. The van der Waals surface area contributed by atoms with Crippen LogP contribution in [0.3, 0.4) is 0 Å². The highest BCUT2D eigenvalue weighted by atomic mass is 16.5. The van der Waals surface area contributed by atoms with Crippen molar-refractivity contribution >= 4 is 23.3 Å². The number of benzene rings is 1. The molecule has 8 heteroatoms. The van der Waals surface area contributed by atoms with Crippen LogP contribution in [0.4, 0.5) is 23.3 Å². The minimum Gasteiger partial charge on any atom is -0.493 e. The number of anilines is 4. The van der Waals surface area contributed by atoms with E-state index in [4.69, 9.17) is 9.47 Å². The predicted octanol–water partition coefficient (Wildman–Crippen LogP) is 3.20. The molecule has 1 aliphatic rings. The molecule has 4 rings (SSSR count). The molecule has 0 radical (unpaired) electrons. The Kier molecular flexibility index (Phi) is 4.53. The minimum absolute atomic E-state index is 0.492. The highest BCUT2D eigenvalue weighted by molar-refractivity contribution is 5.63. The second-order valence-corrected chi connectivity index (χ2v) is 6.34. The van der Waals surface area contributed by atoms with Gasteiger partial charge >= 0.3 is 0 Å². The Morgan fingerprint density at radius 3 is 2.70 bits per heavy atom. The van der Waals surface area contributed by atoms with E-state index in [0.29, 0.717) is 23.3 Å². The molecule has 0 spiro atoms. The fourth-order valence-corrected chi connectivity index (χ4v) is 3.33. The van der Waals surface area contributed by atoms with Crippen molar-refractivity contribution in [3.05, 3.63) is 41.7 Å². The first-order chi connectivity index (χ1) is 13.2. The molecule has 0 saturated heterocycles. The van der Waals surface area contributed by atoms with E-state index in [0.717, 1.165) is 30.8 Å². The summed E-state index contributed by atoms with van der Waals surface area (Å²) in [6.45, 7) is 0. The quantitative estimate of drug-likeness (QED) is 0.693. The summed E-state index contributed by atoms with van der Waals surface area (Å²) in [4.78, 5) is 8.86. The summed E-state index contributed by atoms with van der Waals surface area (Å²) in [6.07, 6.45) is 4.96. The Morgan fingerprint density at radius 2 is 1.89 bits per heavy atom. The van der Waals surface area contributed by atoms with Gasteiger partial charge in [-0.3, -0.25) is 4.68 Å². The number of fused-ring (bicyclic) bond motifs is 1. The monoisotopic (exact) mass is 366 g/mol. The van der Waals surface area contributed by atoms with Crippen LogP contribution < -0.4 is 20.1 Å². The van der Waals surface area contributed by atoms with Crippen LogP contribution in [-0.4, -0.2) is 34.0 Å². The fourth-order valence-electron chi connectivity index (χ4n) is 3.33. The van der Waals surface area contributed by atoms with Crippen molar-refractivity contribution in [3.63, 3.8) is 0 Å². The summed E-state index contributed by atoms with van der Waals surface area (Å²) in [5, 5.41) is 11.2. The molecule has 0 bridgehead atoms. The van der Waals surface area contributed by atoms with Crippen LogP contribution in [-0.2, 0) is 19.9 Å². The van der Waals surface area contributed by atoms with E-state index in [1.807, 2.05) is 36.0 Å². The van der Waals surface area contributed by atoms with Crippen molar-refractivity contribution in [3.8, 4) is 11.5 Å². The van der Waals surface area contributed by atoms with E-state index in [2.05, 4.69) is 25.7 Å². The molecule has 8 nitrogen and oxygen atoms in total. The summed E-state index contributed by atoms with van der Waals surface area (Å²) >= 11 is 0. The Hall–Kier alpha value is -3.29. The van der Waals surface area contributed by atoms with Gasteiger partial charge < -0.3 is 20.1 Å². The first kappa shape index (κ1) is 17.1. The number of nitrogens with one attached hydrogen (secondary N) is 2. The Bertz CT molecular complexity index is 969. The zero-order valence-corrected chi connectivity index (χ0v) is 15.6. The van der Waals surface area contributed by atoms with Crippen LogP contribution in [0.2, 0.25) is 0 Å². The average Bonchev–Trinajstić information content (AvgIpc) is 3.24. The summed E-state index contributed by atoms with van der Waals surface area (Å²) in [5.41, 5.74) is 3.27. The third kappa shape index (κ3) is 3.38. The zero-order valence-electron chi connectivity index (χ0n) is 15.6. The fraction of sp³-hybridized carbons (Fsp3) is 0.316. The summed E-state index contributed by atoms with van der Waals surface area (Å²) in [5.74, 6) is 3.52. The van der Waals surface area contributed by atoms with Gasteiger partial charge in [-0.1, -0.05) is 0 Å². The molecule has 0 unspecified atom stereocenters. The maximum absolute atomic E-state index is 5.34. The third-order valence-electron chi connectivity index (χ3n) is 4.61. The van der Waals surface area contributed by atoms with Gasteiger partial charge in [-0.25, -0.2) is 4.98 Å². The first-order valence-electron chi connectivity index (χ1n) is 8.82. The van der Waals surface area contributed by atoms with Gasteiger partial charge in [-0.05, 0) is 37.5 Å². The van der Waals surface area contributed by atoms with Crippen molar-refractivity contribution in [1.29, 1.82) is 0 Å². The van der Waals surface area contributed by atoms with Gasteiger partial charge in [0, 0.05) is 30.6 Å². The summed E-state index contributed by atoms with van der Waals surface area (Å²) in [6, 6.07) is 7.41. The maximum Gasteiger partial charge on any atom is 0.229 e. The van der Waals surface area contributed by atoms with Crippen molar-refractivity contribution in [1.82, 2.24) is 19.7 Å². The molecule has 0 amide bonds. The number of rotatable bonds is 6. The average molecular weight is 366 g/mol. The number of hydrogen-bond donors (Lipinski definition) is 2. The van der Waals surface area contributed by atoms with Crippen LogP contribution in [0, 0.1) is 0 Å². The van der Waals surface area contributed by atoms with E-state index in [9.17, 15) is 0 Å². The van der Waals surface area contributed by atoms with Gasteiger partial charge in [0.15, 0.2) is 11.5 Å². The molecule has 1 aliphatic carbocycles. The largest absolute Gasteiger partial charge is 0.493 e. The van der Waals surface area contributed by atoms with Crippen molar-refractivity contribution in [2.45, 2.75) is 19.3 Å². The van der Waals surface area contributed by atoms with E-state index < -0.39 is 0 Å². The lowest BCUT2D eigenvalue weighted by Gasteiger charge is -2.12. The van der Waals surface area contributed by atoms with Crippen molar-refractivity contribution < 1.29 is 9.47 Å². The number of hydrogen-bond acceptors (Lipinski definition) is 7. The second kappa shape index (κ2) is 7.14. The molecular formula is C19H22N6O2. The molecule has 0 atom stereocenters. The smallest absolute Gasteiger partial charge is 0.229 e. The van der Waals surface area contributed by atoms with Gasteiger partial charge in [-0.2, -0.15) is 10.1 Å². The molecule has 2 aromatic heterocycles. The lowest BCUT2D eigenvalue weighted by Crippen LogP contribution is -2.05. The Morgan fingerprint density at radius 1 is 1.04 bits per heavy atom. The molecule has 0 aliphatic heterocycles. The predicted molar refractivity (Wildman–Crippen MR) is 103 cm³/mol. The van der Waals surface area contributed by atoms with Gasteiger partial charge in [-0.15, -0.1) is 0 Å². The standard InChI is InChI=1S/C19H22N6O2/c1-25-18(13-5-4-6-14(13)24-25)22-17-9-10-20-19(23-17)21-12-7-8-15(26-2)16(11-12)27-3/h7-11H,4-6H2,1-3H3,(H2,20,21,22,23). The van der Waals surface area contributed by atoms with Gasteiger partial charge in [0.1, 0.15) is 11.6 Å². The van der Waals surface area contributed by atoms with Gasteiger partial charge in [0.25, 0.3) is 0 Å². The molecular weight excluding hydrogens is 344 g/mol. The minimum atomic E-state index is 0.492. The van der Waals surface area contributed by atoms with Gasteiger partial charge in [0.05, 0.1) is 19.9 Å². The van der Waals surface area contributed by atoms with E-state index in [1.54, 1.807) is 20.4 Å². The van der Waals surface area contributed by atoms with Crippen LogP contribution in [0.25, 0.3) is 0 Å². The number of aromatic nitrogens is 4. The van der Waals surface area contributed by atoms with Crippen LogP contribution in [0.1, 0.15) is 17.7 Å². The van der Waals surface area contributed by atoms with Crippen molar-refractivity contribution in [2.24, 2.45) is 7.05 Å². The second-order valence-electron chi connectivity index (χ2n) is 6.34. The topological polar surface area (TPSA) is 86.1 Å². The van der Waals surface area contributed by atoms with Gasteiger partial charge in [0.2, 0.25) is 5.95 Å². The highest BCUT2D eigenvalue weighted by Gasteiger charge is 2.21. The van der Waals surface area contributed by atoms with E-state index >= 15 is 0 Å². The van der Waals surface area contributed by atoms with Crippen LogP contribution in [0.15, 0.2) is 30.5 Å². The van der Waals surface area contributed by atoms with Crippen molar-refractivity contribution in [2.75, 3.05) is 24.9 Å². The number of ether oxygens (including phenoxy) is 2. The Balaban J connectivity index is 1.55. The molecule has 27 heavy (non-hydrogen) atoms. The highest BCUT2D eigenvalue weighted by Crippen LogP contribution is 2.32. The number of nitrogens with zero attached hydrogens (tertiary/aromatic N) is 4. The molecule has 2 N–H and O–H groups in total. The summed E-state index contributed by atoms with van der Waals surface area (Å²) < 4.78 is 12.5. The third-order valence-corrected chi connectivity index (χ3v) is 4.61. The molecule has 1 aromatic carbocycles. The summed E-state index contributed by atoms with van der Waals surface area (Å²) in [7, 11) is 5.16. The SMILES string of the molecule is COc1ccc(Nc2nccc(Nc3c4c(nn3C)CCC4)n2)cc1OC.